The van der Waals surface area contributed by atoms with Gasteiger partial charge in [0, 0.05) is 100 Å². The predicted molar refractivity (Wildman–Crippen MR) is 224 cm³/mol. The highest BCUT2D eigenvalue weighted by Crippen LogP contribution is 2.47. The first-order valence-electron chi connectivity index (χ1n) is 21.0. The summed E-state index contributed by atoms with van der Waals surface area (Å²) in [5, 5.41) is 12.0. The standard InChI is InChI=1S/C45H49ClN8O5/c1-29-45(16-21-53(29)35-7-4-31(28-47)38(46)27-35)14-19-52(20-15-45)42(57)30-2-5-32(6-3-30)50-22-24-51(25-23-50)33-12-17-49(18-13-33)34-8-9-36-37(26-34)44(59)54(43(36)58)39-10-11-40(55)48-41(39)56/h2-9,26-27,29,33,39H,10-25H2,1H3,(H,48,55,56). The van der Waals surface area contributed by atoms with Crippen molar-refractivity contribution in [2.24, 2.45) is 5.41 Å². The molecule has 0 saturated carbocycles. The van der Waals surface area contributed by atoms with Crippen LogP contribution < -0.4 is 20.0 Å². The lowest BCUT2D eigenvalue weighted by molar-refractivity contribution is -0.136. The fourth-order valence-electron chi connectivity index (χ4n) is 10.5. The second-order valence-electron chi connectivity index (χ2n) is 17.0. The van der Waals surface area contributed by atoms with Crippen molar-refractivity contribution in [3.8, 4) is 6.07 Å². The third-order valence-electron chi connectivity index (χ3n) is 14.2. The molecule has 9 rings (SSSR count). The first-order valence-corrected chi connectivity index (χ1v) is 21.4. The molecule has 1 spiro atoms. The van der Waals surface area contributed by atoms with Crippen LogP contribution in [0, 0.1) is 16.7 Å². The van der Waals surface area contributed by atoms with E-state index in [1.807, 2.05) is 35.2 Å². The summed E-state index contributed by atoms with van der Waals surface area (Å²) in [5.41, 5.74) is 5.07. The lowest BCUT2D eigenvalue weighted by Crippen LogP contribution is -2.54. The minimum absolute atomic E-state index is 0.0936. The van der Waals surface area contributed by atoms with Crippen LogP contribution in [0.15, 0.2) is 60.7 Å². The van der Waals surface area contributed by atoms with Crippen LogP contribution in [-0.2, 0) is 9.59 Å². The molecule has 59 heavy (non-hydrogen) atoms. The summed E-state index contributed by atoms with van der Waals surface area (Å²) in [6.45, 7) is 10.1. The van der Waals surface area contributed by atoms with Gasteiger partial charge >= 0.3 is 0 Å². The maximum atomic E-state index is 13.7. The maximum Gasteiger partial charge on any atom is 0.262 e. The highest BCUT2D eigenvalue weighted by Gasteiger charge is 2.48. The molecule has 5 fully saturated rings. The molecule has 5 saturated heterocycles. The van der Waals surface area contributed by atoms with Crippen LogP contribution >= 0.6 is 11.6 Å². The second-order valence-corrected chi connectivity index (χ2v) is 17.4. The van der Waals surface area contributed by atoms with Crippen molar-refractivity contribution < 1.29 is 24.0 Å². The van der Waals surface area contributed by atoms with Crippen LogP contribution in [0.25, 0.3) is 0 Å². The minimum atomic E-state index is -0.971. The largest absolute Gasteiger partial charge is 0.371 e. The Balaban J connectivity index is 0.738. The van der Waals surface area contributed by atoms with Crippen LogP contribution in [0.5, 0.6) is 0 Å². The average Bonchev–Trinajstić information content (AvgIpc) is 3.71. The predicted octanol–water partition coefficient (Wildman–Crippen LogP) is 4.93. The zero-order valence-corrected chi connectivity index (χ0v) is 34.1. The first kappa shape index (κ1) is 39.0. The molecule has 2 atom stereocenters. The van der Waals surface area contributed by atoms with E-state index in [2.05, 4.69) is 50.0 Å². The number of imide groups is 2. The van der Waals surface area contributed by atoms with Gasteiger partial charge in [0.15, 0.2) is 0 Å². The van der Waals surface area contributed by atoms with Crippen molar-refractivity contribution in [1.29, 1.82) is 5.26 Å². The topological polar surface area (TPSA) is 141 Å². The number of halogens is 1. The number of hydrogen-bond acceptors (Lipinski definition) is 10. The molecule has 3 aromatic carbocycles. The number of carbonyl (C=O) groups excluding carboxylic acids is 5. The fraction of sp³-hybridized carbons (Fsp3) is 0.467. The van der Waals surface area contributed by atoms with E-state index in [0.717, 1.165) is 119 Å². The van der Waals surface area contributed by atoms with E-state index < -0.39 is 23.8 Å². The fourth-order valence-corrected chi connectivity index (χ4v) is 10.7. The summed E-state index contributed by atoms with van der Waals surface area (Å²) in [7, 11) is 0. The molecule has 0 aromatic heterocycles. The number of nitrogens with one attached hydrogen (secondary N) is 1. The molecule has 1 N–H and O–H groups in total. The number of benzene rings is 3. The molecule has 0 bridgehead atoms. The number of fused-ring (bicyclic) bond motifs is 1. The van der Waals surface area contributed by atoms with Gasteiger partial charge in [0.1, 0.15) is 12.1 Å². The molecular formula is C45H49ClN8O5. The molecule has 6 aliphatic heterocycles. The van der Waals surface area contributed by atoms with Gasteiger partial charge in [0.05, 0.1) is 21.7 Å². The van der Waals surface area contributed by atoms with Crippen LogP contribution in [0.3, 0.4) is 0 Å². The smallest absolute Gasteiger partial charge is 0.262 e. The third kappa shape index (κ3) is 7.10. The molecule has 3 aromatic rings. The monoisotopic (exact) mass is 816 g/mol. The van der Waals surface area contributed by atoms with Crippen LogP contribution in [0.1, 0.15) is 88.5 Å². The van der Waals surface area contributed by atoms with Crippen LogP contribution in [0.4, 0.5) is 17.1 Å². The summed E-state index contributed by atoms with van der Waals surface area (Å²) in [6.07, 6.45) is 5.22. The molecule has 14 heteroatoms. The normalized spacial score (nSPS) is 23.8. The number of rotatable bonds is 6. The summed E-state index contributed by atoms with van der Waals surface area (Å²) >= 11 is 6.37. The molecule has 13 nitrogen and oxygen atoms in total. The van der Waals surface area contributed by atoms with Gasteiger partial charge < -0.3 is 19.6 Å². The molecular weight excluding hydrogens is 768 g/mol. The van der Waals surface area contributed by atoms with E-state index in [0.29, 0.717) is 33.8 Å². The number of nitriles is 1. The van der Waals surface area contributed by atoms with E-state index in [-0.39, 0.29) is 30.1 Å². The van der Waals surface area contributed by atoms with Crippen LogP contribution in [0.2, 0.25) is 5.02 Å². The summed E-state index contributed by atoms with van der Waals surface area (Å²) in [4.78, 5) is 77.0. The van der Waals surface area contributed by atoms with Gasteiger partial charge in [-0.2, -0.15) is 5.26 Å². The van der Waals surface area contributed by atoms with Crippen molar-refractivity contribution in [2.45, 2.75) is 70.0 Å². The van der Waals surface area contributed by atoms with E-state index in [1.54, 1.807) is 18.2 Å². The van der Waals surface area contributed by atoms with E-state index in [4.69, 9.17) is 11.6 Å². The molecule has 0 aliphatic carbocycles. The Morgan fingerprint density at radius 1 is 0.746 bits per heavy atom. The van der Waals surface area contributed by atoms with Gasteiger partial charge in [-0.15, -0.1) is 0 Å². The molecule has 6 heterocycles. The number of likely N-dealkylation sites (tertiary alicyclic amines) is 1. The third-order valence-corrected chi connectivity index (χ3v) is 14.5. The number of piperidine rings is 3. The molecule has 2 unspecified atom stereocenters. The number of amides is 5. The Morgan fingerprint density at radius 3 is 2.07 bits per heavy atom. The zero-order valence-electron chi connectivity index (χ0n) is 33.4. The van der Waals surface area contributed by atoms with Crippen molar-refractivity contribution in [2.75, 3.05) is 73.6 Å². The van der Waals surface area contributed by atoms with Gasteiger partial charge in [0.2, 0.25) is 11.8 Å². The number of piperazine rings is 1. The quantitative estimate of drug-likeness (QED) is 0.341. The Bertz CT molecular complexity index is 2230. The second kappa shape index (κ2) is 15.6. The highest BCUT2D eigenvalue weighted by atomic mass is 35.5. The van der Waals surface area contributed by atoms with E-state index in [1.165, 1.54) is 0 Å². The highest BCUT2D eigenvalue weighted by molar-refractivity contribution is 6.32. The Labute approximate surface area is 349 Å². The number of hydrogen-bond donors (Lipinski definition) is 1. The van der Waals surface area contributed by atoms with Crippen molar-refractivity contribution >= 4 is 58.2 Å². The lowest BCUT2D eigenvalue weighted by atomic mass is 9.73. The number of nitrogens with zero attached hydrogens (tertiary/aromatic N) is 7. The Kier molecular flexibility index (Phi) is 10.3. The Hall–Kier alpha value is -5.45. The molecule has 6 aliphatic rings. The lowest BCUT2D eigenvalue weighted by Gasteiger charge is -2.44. The van der Waals surface area contributed by atoms with Gasteiger partial charge in [-0.1, -0.05) is 11.6 Å². The van der Waals surface area contributed by atoms with Gasteiger partial charge in [0.25, 0.3) is 17.7 Å². The van der Waals surface area contributed by atoms with Crippen molar-refractivity contribution in [1.82, 2.24) is 20.0 Å². The van der Waals surface area contributed by atoms with E-state index in [9.17, 15) is 29.2 Å². The molecule has 306 valence electrons. The summed E-state index contributed by atoms with van der Waals surface area (Å²) in [6, 6.07) is 21.1. The first-order chi connectivity index (χ1) is 28.5. The minimum Gasteiger partial charge on any atom is -0.371 e. The SMILES string of the molecule is CC1N(c2ccc(C#N)c(Cl)c2)CCC12CCN(C(=O)c1ccc(N3CCN(C4CCN(c5ccc6c(c5)C(=O)N(C5CCC(=O)NC5=O)C6=O)CC4)CC3)cc1)CC2. The average molecular weight is 817 g/mol. The number of carbonyl (C=O) groups is 5. The number of anilines is 3. The van der Waals surface area contributed by atoms with Gasteiger partial charge in [-0.05, 0) is 112 Å². The van der Waals surface area contributed by atoms with Crippen molar-refractivity contribution in [3.05, 3.63) is 87.9 Å². The van der Waals surface area contributed by atoms with E-state index >= 15 is 0 Å². The van der Waals surface area contributed by atoms with Gasteiger partial charge in [-0.25, -0.2) is 0 Å². The van der Waals surface area contributed by atoms with Crippen LogP contribution in [-0.4, -0.2) is 121 Å². The Morgan fingerprint density at radius 2 is 1.39 bits per heavy atom. The maximum absolute atomic E-state index is 13.7. The summed E-state index contributed by atoms with van der Waals surface area (Å²) < 4.78 is 0. The molecule has 5 amide bonds. The van der Waals surface area contributed by atoms with Crippen molar-refractivity contribution in [3.63, 3.8) is 0 Å². The zero-order chi connectivity index (χ0) is 41.0. The van der Waals surface area contributed by atoms with Gasteiger partial charge in [-0.3, -0.25) is 39.1 Å². The summed E-state index contributed by atoms with van der Waals surface area (Å²) in [5.74, 6) is -1.87. The molecule has 0 radical (unpaired) electrons.